The fourth-order valence-electron chi connectivity index (χ4n) is 2.90. The predicted octanol–water partition coefficient (Wildman–Crippen LogP) is 5.07. The van der Waals surface area contributed by atoms with E-state index in [9.17, 15) is 19.2 Å². The Balaban J connectivity index is 4.37. The summed E-state index contributed by atoms with van der Waals surface area (Å²) in [7, 11) is 0. The van der Waals surface area contributed by atoms with Crippen molar-refractivity contribution in [3.8, 4) is 0 Å². The number of ether oxygens (including phenoxy) is 3. The summed E-state index contributed by atoms with van der Waals surface area (Å²) in [4.78, 5) is 46.8. The Morgan fingerprint density at radius 1 is 0.581 bits per heavy atom. The maximum atomic E-state index is 11.9. The molecule has 0 heterocycles. The van der Waals surface area contributed by atoms with E-state index in [1.165, 1.54) is 6.92 Å². The molecule has 0 aliphatic carbocycles. The van der Waals surface area contributed by atoms with Gasteiger partial charge in [0.05, 0.1) is 6.42 Å². The molecular formula is C24H42O7. The van der Waals surface area contributed by atoms with Gasteiger partial charge >= 0.3 is 17.9 Å². The topological polar surface area (TPSA) is 96.0 Å². The van der Waals surface area contributed by atoms with Crippen LogP contribution in [0.5, 0.6) is 0 Å². The molecule has 0 aromatic heterocycles. The van der Waals surface area contributed by atoms with Crippen molar-refractivity contribution in [3.63, 3.8) is 0 Å². The van der Waals surface area contributed by atoms with E-state index in [0.717, 1.165) is 64.2 Å². The number of carbonyl (C=O) groups excluding carboxylic acids is 4. The Morgan fingerprint density at radius 3 is 1.45 bits per heavy atom. The Morgan fingerprint density at radius 2 is 1.03 bits per heavy atom. The molecule has 0 unspecified atom stereocenters. The Bertz CT molecular complexity index is 486. The van der Waals surface area contributed by atoms with Crippen molar-refractivity contribution in [1.82, 2.24) is 0 Å². The quantitative estimate of drug-likeness (QED) is 0.147. The first kappa shape index (κ1) is 29.1. The zero-order valence-electron chi connectivity index (χ0n) is 19.7. The number of rotatable bonds is 20. The minimum atomic E-state index is -0.868. The van der Waals surface area contributed by atoms with E-state index in [-0.39, 0.29) is 43.8 Å². The number of esters is 3. The van der Waals surface area contributed by atoms with Gasteiger partial charge in [0, 0.05) is 19.3 Å². The highest BCUT2D eigenvalue weighted by molar-refractivity contribution is 5.81. The van der Waals surface area contributed by atoms with Gasteiger partial charge in [-0.1, -0.05) is 65.2 Å². The number of Topliss-reactive ketones (excluding diaryl/α,β-unsaturated/α-hetero) is 1. The van der Waals surface area contributed by atoms with Crippen LogP contribution in [0.1, 0.15) is 111 Å². The lowest BCUT2D eigenvalue weighted by Gasteiger charge is -2.18. The van der Waals surface area contributed by atoms with Gasteiger partial charge in [-0.2, -0.15) is 0 Å². The molecule has 0 aromatic rings. The zero-order chi connectivity index (χ0) is 23.3. The third-order valence-electron chi connectivity index (χ3n) is 4.81. The molecule has 0 radical (unpaired) electrons. The van der Waals surface area contributed by atoms with Gasteiger partial charge in [-0.3, -0.25) is 14.4 Å². The summed E-state index contributed by atoms with van der Waals surface area (Å²) in [6.45, 7) is 5.33. The van der Waals surface area contributed by atoms with Gasteiger partial charge in [0.15, 0.2) is 6.10 Å². The lowest BCUT2D eigenvalue weighted by Crippen LogP contribution is -2.31. The Hall–Kier alpha value is -1.92. The van der Waals surface area contributed by atoms with Gasteiger partial charge in [-0.15, -0.1) is 0 Å². The molecule has 31 heavy (non-hydrogen) atoms. The van der Waals surface area contributed by atoms with Crippen LogP contribution in [0.25, 0.3) is 0 Å². The third-order valence-corrected chi connectivity index (χ3v) is 4.81. The summed E-state index contributed by atoms with van der Waals surface area (Å²) in [5, 5.41) is 0. The van der Waals surface area contributed by atoms with Crippen LogP contribution in [0.4, 0.5) is 0 Å². The lowest BCUT2D eigenvalue weighted by molar-refractivity contribution is -0.167. The minimum Gasteiger partial charge on any atom is -0.462 e. The molecule has 0 aliphatic heterocycles. The monoisotopic (exact) mass is 442 g/mol. The Labute approximate surface area is 187 Å². The van der Waals surface area contributed by atoms with Crippen LogP contribution in [0.3, 0.4) is 0 Å². The SMILES string of the molecule is CCCCCCCC(=O)OCC(COC(=O)CCCCCCC)OC(=O)CCC(C)=O. The van der Waals surface area contributed by atoms with Crippen molar-refractivity contribution in [2.75, 3.05) is 13.2 Å². The molecule has 0 spiro atoms. The number of ketones is 1. The third kappa shape index (κ3) is 19.8. The van der Waals surface area contributed by atoms with Crippen molar-refractivity contribution >= 4 is 23.7 Å². The van der Waals surface area contributed by atoms with E-state index in [4.69, 9.17) is 14.2 Å². The van der Waals surface area contributed by atoms with E-state index in [1.54, 1.807) is 0 Å². The first-order chi connectivity index (χ1) is 14.9. The maximum absolute atomic E-state index is 11.9. The normalized spacial score (nSPS) is 10.7. The number of unbranched alkanes of at least 4 members (excludes halogenated alkanes) is 8. The van der Waals surface area contributed by atoms with Crippen LogP contribution in [-0.4, -0.2) is 43.0 Å². The summed E-state index contributed by atoms with van der Waals surface area (Å²) in [6, 6.07) is 0. The molecule has 0 aliphatic rings. The summed E-state index contributed by atoms with van der Waals surface area (Å²) in [5.74, 6) is -1.41. The van der Waals surface area contributed by atoms with Crippen molar-refractivity contribution in [3.05, 3.63) is 0 Å². The average molecular weight is 443 g/mol. The second-order valence-corrected chi connectivity index (χ2v) is 8.01. The van der Waals surface area contributed by atoms with Crippen molar-refractivity contribution in [2.45, 2.75) is 117 Å². The first-order valence-electron chi connectivity index (χ1n) is 11.9. The molecule has 7 nitrogen and oxygen atoms in total. The smallest absolute Gasteiger partial charge is 0.306 e. The van der Waals surface area contributed by atoms with Crippen molar-refractivity contribution in [1.29, 1.82) is 0 Å². The summed E-state index contributed by atoms with van der Waals surface area (Å²) < 4.78 is 15.7. The van der Waals surface area contributed by atoms with Crippen LogP contribution >= 0.6 is 0 Å². The van der Waals surface area contributed by atoms with Crippen LogP contribution in [0, 0.1) is 0 Å². The molecule has 0 bridgehead atoms. The fourth-order valence-corrected chi connectivity index (χ4v) is 2.90. The fraction of sp³-hybridized carbons (Fsp3) is 0.833. The highest BCUT2D eigenvalue weighted by Crippen LogP contribution is 2.09. The van der Waals surface area contributed by atoms with Crippen molar-refractivity contribution < 1.29 is 33.4 Å². The Kier molecular flexibility index (Phi) is 18.8. The number of carbonyl (C=O) groups is 4. The summed E-state index contributed by atoms with van der Waals surface area (Å²) in [6.07, 6.45) is 10.0. The van der Waals surface area contributed by atoms with Crippen LogP contribution in [0.15, 0.2) is 0 Å². The van der Waals surface area contributed by atoms with Crippen molar-refractivity contribution in [2.24, 2.45) is 0 Å². The zero-order valence-corrected chi connectivity index (χ0v) is 19.7. The van der Waals surface area contributed by atoms with E-state index >= 15 is 0 Å². The average Bonchev–Trinajstić information content (AvgIpc) is 2.73. The van der Waals surface area contributed by atoms with Crippen LogP contribution in [0.2, 0.25) is 0 Å². The largest absolute Gasteiger partial charge is 0.462 e. The highest BCUT2D eigenvalue weighted by Gasteiger charge is 2.19. The number of hydrogen-bond acceptors (Lipinski definition) is 7. The van der Waals surface area contributed by atoms with Gasteiger partial charge in [0.1, 0.15) is 19.0 Å². The van der Waals surface area contributed by atoms with E-state index in [2.05, 4.69) is 13.8 Å². The molecule has 0 rings (SSSR count). The number of hydrogen-bond donors (Lipinski definition) is 0. The molecule has 180 valence electrons. The molecule has 0 atom stereocenters. The van der Waals surface area contributed by atoms with Gasteiger partial charge < -0.3 is 19.0 Å². The minimum absolute atomic E-state index is 0.0530. The van der Waals surface area contributed by atoms with Gasteiger partial charge in [-0.25, -0.2) is 0 Å². The first-order valence-corrected chi connectivity index (χ1v) is 11.9. The van der Waals surface area contributed by atoms with Crippen LogP contribution in [-0.2, 0) is 33.4 Å². The molecule has 0 fully saturated rings. The van der Waals surface area contributed by atoms with Crippen LogP contribution < -0.4 is 0 Å². The highest BCUT2D eigenvalue weighted by atomic mass is 16.6. The second-order valence-electron chi connectivity index (χ2n) is 8.01. The molecular weight excluding hydrogens is 400 g/mol. The van der Waals surface area contributed by atoms with Gasteiger partial charge in [0.2, 0.25) is 0 Å². The van der Waals surface area contributed by atoms with E-state index < -0.39 is 12.1 Å². The predicted molar refractivity (Wildman–Crippen MR) is 118 cm³/mol. The molecule has 7 heteroatoms. The maximum Gasteiger partial charge on any atom is 0.306 e. The standard InChI is InChI=1S/C24H42O7/c1-4-6-8-10-12-14-22(26)29-18-21(31-24(28)17-16-20(3)25)19-30-23(27)15-13-11-9-7-5-2/h21H,4-19H2,1-3H3. The van der Waals surface area contributed by atoms with Gasteiger partial charge in [-0.05, 0) is 19.8 Å². The molecule has 0 saturated heterocycles. The molecule has 0 aromatic carbocycles. The molecule has 0 saturated carbocycles. The second kappa shape index (κ2) is 20.0. The van der Waals surface area contributed by atoms with Gasteiger partial charge in [0.25, 0.3) is 0 Å². The lowest BCUT2D eigenvalue weighted by atomic mass is 10.1. The molecule has 0 N–H and O–H groups in total. The summed E-state index contributed by atoms with van der Waals surface area (Å²) in [5.41, 5.74) is 0. The van der Waals surface area contributed by atoms with E-state index in [0.29, 0.717) is 12.8 Å². The summed E-state index contributed by atoms with van der Waals surface area (Å²) >= 11 is 0. The van der Waals surface area contributed by atoms with E-state index in [1.807, 2.05) is 0 Å². The molecule has 0 amide bonds.